The number of fused-ring (bicyclic) bond motifs is 1. The van der Waals surface area contributed by atoms with Crippen molar-refractivity contribution in [2.45, 2.75) is 50.6 Å². The highest BCUT2D eigenvalue weighted by Crippen LogP contribution is 2.42. The van der Waals surface area contributed by atoms with Gasteiger partial charge in [-0.3, -0.25) is 10.1 Å². The lowest BCUT2D eigenvalue weighted by Crippen LogP contribution is -2.57. The first-order chi connectivity index (χ1) is 11.1. The van der Waals surface area contributed by atoms with Gasteiger partial charge in [-0.2, -0.15) is 5.26 Å². The van der Waals surface area contributed by atoms with E-state index in [1.165, 1.54) is 5.56 Å². The Balaban J connectivity index is 1.79. The standard InChI is InChI=1S/C18H20N4O/c1-12-10-13-6-2-3-7-15(13)22(12)17-20-16(23)14(11-19)18(21-17)8-4-5-9-18/h2-3,6-7,12,14H,4-5,8-10H2,1H3,(H,20,21,23). The van der Waals surface area contributed by atoms with Crippen LogP contribution in [0.5, 0.6) is 0 Å². The predicted molar refractivity (Wildman–Crippen MR) is 88.0 cm³/mol. The third-order valence-electron chi connectivity index (χ3n) is 5.40. The number of guanidine groups is 1. The molecule has 23 heavy (non-hydrogen) atoms. The van der Waals surface area contributed by atoms with Gasteiger partial charge in [-0.15, -0.1) is 0 Å². The molecular weight excluding hydrogens is 288 g/mol. The van der Waals surface area contributed by atoms with Crippen LogP contribution in [0.1, 0.15) is 38.2 Å². The molecule has 118 valence electrons. The summed E-state index contributed by atoms with van der Waals surface area (Å²) < 4.78 is 0. The van der Waals surface area contributed by atoms with Crippen molar-refractivity contribution in [2.75, 3.05) is 4.90 Å². The van der Waals surface area contributed by atoms with Crippen LogP contribution in [0.2, 0.25) is 0 Å². The molecule has 2 atom stereocenters. The predicted octanol–water partition coefficient (Wildman–Crippen LogP) is 2.38. The van der Waals surface area contributed by atoms with E-state index < -0.39 is 11.5 Å². The van der Waals surface area contributed by atoms with E-state index in [-0.39, 0.29) is 11.9 Å². The molecule has 3 aliphatic rings. The third-order valence-corrected chi connectivity index (χ3v) is 5.40. The van der Waals surface area contributed by atoms with Gasteiger partial charge in [-0.25, -0.2) is 4.99 Å². The number of carbonyl (C=O) groups excluding carboxylic acids is 1. The Morgan fingerprint density at radius 3 is 2.83 bits per heavy atom. The van der Waals surface area contributed by atoms with E-state index in [4.69, 9.17) is 4.99 Å². The molecule has 2 heterocycles. The van der Waals surface area contributed by atoms with Crippen molar-refractivity contribution in [3.63, 3.8) is 0 Å². The van der Waals surface area contributed by atoms with Gasteiger partial charge >= 0.3 is 0 Å². The van der Waals surface area contributed by atoms with Crippen molar-refractivity contribution in [1.82, 2.24) is 5.32 Å². The number of rotatable bonds is 0. The molecule has 5 heteroatoms. The lowest BCUT2D eigenvalue weighted by Gasteiger charge is -2.37. The van der Waals surface area contributed by atoms with Crippen LogP contribution < -0.4 is 10.2 Å². The minimum Gasteiger partial charge on any atom is -0.309 e. The van der Waals surface area contributed by atoms with Gasteiger partial charge in [-0.05, 0) is 37.8 Å². The Morgan fingerprint density at radius 1 is 1.35 bits per heavy atom. The second-order valence-corrected chi connectivity index (χ2v) is 6.85. The first kappa shape index (κ1) is 14.3. The molecule has 1 fully saturated rings. The molecule has 1 aromatic rings. The van der Waals surface area contributed by atoms with Crippen molar-refractivity contribution >= 4 is 17.6 Å². The second-order valence-electron chi connectivity index (χ2n) is 6.85. The summed E-state index contributed by atoms with van der Waals surface area (Å²) >= 11 is 0. The number of benzene rings is 1. The fourth-order valence-electron chi connectivity index (χ4n) is 4.30. The monoisotopic (exact) mass is 308 g/mol. The van der Waals surface area contributed by atoms with E-state index >= 15 is 0 Å². The first-order valence-electron chi connectivity index (χ1n) is 8.32. The van der Waals surface area contributed by atoms with Crippen LogP contribution in [0.3, 0.4) is 0 Å². The van der Waals surface area contributed by atoms with Crippen LogP contribution in [0, 0.1) is 17.2 Å². The lowest BCUT2D eigenvalue weighted by atomic mass is 9.82. The second kappa shape index (κ2) is 5.09. The van der Waals surface area contributed by atoms with Crippen molar-refractivity contribution in [3.05, 3.63) is 29.8 Å². The maximum absolute atomic E-state index is 12.5. The highest BCUT2D eigenvalue weighted by atomic mass is 16.2. The maximum Gasteiger partial charge on any atom is 0.246 e. The number of aliphatic imine (C=N–C) groups is 1. The SMILES string of the molecule is CC1Cc2ccccc2N1C1=NC2(CCCC2)C(C#N)C(=O)N1. The van der Waals surface area contributed by atoms with Crippen LogP contribution in [-0.2, 0) is 11.2 Å². The molecule has 1 spiro atoms. The minimum absolute atomic E-state index is 0.198. The van der Waals surface area contributed by atoms with Gasteiger partial charge in [0.25, 0.3) is 0 Å². The molecule has 1 N–H and O–H groups in total. The molecule has 0 aromatic heterocycles. The molecule has 1 saturated carbocycles. The van der Waals surface area contributed by atoms with Gasteiger partial charge in [-0.1, -0.05) is 31.0 Å². The van der Waals surface area contributed by atoms with Crippen LogP contribution in [0.15, 0.2) is 29.3 Å². The average molecular weight is 308 g/mol. The van der Waals surface area contributed by atoms with Gasteiger partial charge < -0.3 is 4.90 Å². The topological polar surface area (TPSA) is 68.5 Å². The minimum atomic E-state index is -0.665. The van der Waals surface area contributed by atoms with E-state index in [0.29, 0.717) is 5.96 Å². The van der Waals surface area contributed by atoms with Crippen molar-refractivity contribution in [3.8, 4) is 6.07 Å². The Morgan fingerprint density at radius 2 is 2.09 bits per heavy atom. The molecule has 1 aliphatic carbocycles. The third kappa shape index (κ3) is 2.05. The molecule has 2 aliphatic heterocycles. The van der Waals surface area contributed by atoms with Crippen LogP contribution in [0.4, 0.5) is 5.69 Å². The summed E-state index contributed by atoms with van der Waals surface area (Å²) in [6, 6.07) is 10.7. The van der Waals surface area contributed by atoms with Crippen LogP contribution in [-0.4, -0.2) is 23.4 Å². The van der Waals surface area contributed by atoms with Crippen molar-refractivity contribution < 1.29 is 4.79 Å². The summed E-state index contributed by atoms with van der Waals surface area (Å²) in [6.07, 6.45) is 4.67. The van der Waals surface area contributed by atoms with Crippen LogP contribution in [0.25, 0.3) is 0 Å². The Hall–Kier alpha value is -2.35. The van der Waals surface area contributed by atoms with E-state index in [1.54, 1.807) is 0 Å². The molecule has 5 nitrogen and oxygen atoms in total. The highest BCUT2D eigenvalue weighted by Gasteiger charge is 2.50. The van der Waals surface area contributed by atoms with Gasteiger partial charge in [0.05, 0.1) is 11.6 Å². The number of hydrogen-bond acceptors (Lipinski definition) is 4. The number of nitrogens with one attached hydrogen (secondary N) is 1. The number of para-hydroxylation sites is 1. The van der Waals surface area contributed by atoms with Crippen LogP contribution >= 0.6 is 0 Å². The fraction of sp³-hybridized carbons (Fsp3) is 0.500. The van der Waals surface area contributed by atoms with Gasteiger partial charge in [0, 0.05) is 11.7 Å². The van der Waals surface area contributed by atoms with Crippen molar-refractivity contribution in [1.29, 1.82) is 5.26 Å². The zero-order valence-electron chi connectivity index (χ0n) is 13.2. The normalized spacial score (nSPS) is 28.3. The van der Waals surface area contributed by atoms with E-state index in [0.717, 1.165) is 37.8 Å². The molecule has 0 saturated heterocycles. The quantitative estimate of drug-likeness (QED) is 0.800. The number of amides is 1. The fourth-order valence-corrected chi connectivity index (χ4v) is 4.30. The maximum atomic E-state index is 12.5. The molecule has 0 bridgehead atoms. The molecule has 4 rings (SSSR count). The largest absolute Gasteiger partial charge is 0.309 e. The summed E-state index contributed by atoms with van der Waals surface area (Å²) in [7, 11) is 0. The van der Waals surface area contributed by atoms with E-state index in [1.807, 2.05) is 12.1 Å². The zero-order valence-corrected chi connectivity index (χ0v) is 13.2. The number of hydrogen-bond donors (Lipinski definition) is 1. The van der Waals surface area contributed by atoms with Gasteiger partial charge in [0.15, 0.2) is 5.92 Å². The summed E-state index contributed by atoms with van der Waals surface area (Å²) in [5, 5.41) is 12.4. The number of nitrogens with zero attached hydrogens (tertiary/aromatic N) is 3. The van der Waals surface area contributed by atoms with Crippen molar-refractivity contribution in [2.24, 2.45) is 10.9 Å². The van der Waals surface area contributed by atoms with E-state index in [9.17, 15) is 10.1 Å². The Kier molecular flexibility index (Phi) is 3.15. The zero-order chi connectivity index (χ0) is 16.0. The molecule has 1 aromatic carbocycles. The summed E-state index contributed by atoms with van der Waals surface area (Å²) in [6.45, 7) is 2.15. The molecular formula is C18H20N4O. The Labute approximate surface area is 136 Å². The first-order valence-corrected chi connectivity index (χ1v) is 8.32. The number of nitriles is 1. The average Bonchev–Trinajstić information content (AvgIpc) is 3.11. The number of anilines is 1. The van der Waals surface area contributed by atoms with Gasteiger partial charge in [0.1, 0.15) is 0 Å². The molecule has 1 amide bonds. The summed E-state index contributed by atoms with van der Waals surface area (Å²) in [4.78, 5) is 19.6. The lowest BCUT2D eigenvalue weighted by molar-refractivity contribution is -0.124. The summed E-state index contributed by atoms with van der Waals surface area (Å²) in [5.41, 5.74) is 1.87. The van der Waals surface area contributed by atoms with Gasteiger partial charge in [0.2, 0.25) is 11.9 Å². The highest BCUT2D eigenvalue weighted by molar-refractivity contribution is 6.10. The molecule has 0 radical (unpaired) electrons. The Bertz CT molecular complexity index is 727. The summed E-state index contributed by atoms with van der Waals surface area (Å²) in [5.74, 6) is -0.237. The number of carbonyl (C=O) groups is 1. The van der Waals surface area contributed by atoms with E-state index in [2.05, 4.69) is 35.3 Å². The smallest absolute Gasteiger partial charge is 0.246 e. The molecule has 2 unspecified atom stereocenters.